The van der Waals surface area contributed by atoms with Crippen LogP contribution in [0.15, 0.2) is 92.3 Å². The number of ether oxygens (including phenoxy) is 1. The van der Waals surface area contributed by atoms with E-state index in [0.29, 0.717) is 5.57 Å². The fourth-order valence-corrected chi connectivity index (χ4v) is 5.58. The molecule has 2 aromatic heterocycles. The van der Waals surface area contributed by atoms with E-state index in [2.05, 4.69) is 69.6 Å². The van der Waals surface area contributed by atoms with Gasteiger partial charge < -0.3 is 10.5 Å². The standard InChI is InChI=1S/C25H21N3OS2/c26-11-21-23(19-7-9-31-16-19)22-14-28(12-17-4-2-1-3-5-17)13-20(24(22)29-25(21)27)10-18-6-8-30-15-18/h1-10,15-16,23H,12-14,27H2. The highest BCUT2D eigenvalue weighted by atomic mass is 32.1. The fraction of sp³-hybridized carbons (Fsp3) is 0.160. The number of nitriles is 1. The van der Waals surface area contributed by atoms with Gasteiger partial charge in [0.25, 0.3) is 0 Å². The molecule has 31 heavy (non-hydrogen) atoms. The highest BCUT2D eigenvalue weighted by Crippen LogP contribution is 2.44. The average Bonchev–Trinajstić information content (AvgIpc) is 3.48. The van der Waals surface area contributed by atoms with Crippen molar-refractivity contribution >= 4 is 28.7 Å². The number of hydrogen-bond donors (Lipinski definition) is 1. The van der Waals surface area contributed by atoms with Crippen molar-refractivity contribution in [2.45, 2.75) is 12.5 Å². The molecule has 154 valence electrons. The first-order chi connectivity index (χ1) is 15.2. The Labute approximate surface area is 189 Å². The lowest BCUT2D eigenvalue weighted by molar-refractivity contribution is 0.230. The van der Waals surface area contributed by atoms with Gasteiger partial charge in [-0.3, -0.25) is 4.90 Å². The number of allylic oxidation sites excluding steroid dienone is 1. The number of nitrogens with two attached hydrogens (primary N) is 1. The van der Waals surface area contributed by atoms with E-state index < -0.39 is 0 Å². The molecule has 4 nitrogen and oxygen atoms in total. The van der Waals surface area contributed by atoms with Gasteiger partial charge in [0.15, 0.2) is 0 Å². The van der Waals surface area contributed by atoms with E-state index >= 15 is 0 Å². The summed E-state index contributed by atoms with van der Waals surface area (Å²) < 4.78 is 6.11. The summed E-state index contributed by atoms with van der Waals surface area (Å²) in [6.45, 7) is 2.31. The molecule has 0 aliphatic carbocycles. The Morgan fingerprint density at radius 1 is 1.10 bits per heavy atom. The van der Waals surface area contributed by atoms with Gasteiger partial charge in [0.2, 0.25) is 5.88 Å². The Bertz CT molecular complexity index is 1200. The molecular weight excluding hydrogens is 422 g/mol. The lowest BCUT2D eigenvalue weighted by atomic mass is 9.81. The van der Waals surface area contributed by atoms with Crippen LogP contribution in [0.5, 0.6) is 0 Å². The zero-order valence-electron chi connectivity index (χ0n) is 16.8. The third kappa shape index (κ3) is 3.96. The van der Waals surface area contributed by atoms with Crippen LogP contribution in [-0.2, 0) is 11.3 Å². The topological polar surface area (TPSA) is 62.3 Å². The van der Waals surface area contributed by atoms with E-state index in [4.69, 9.17) is 10.5 Å². The molecule has 5 rings (SSSR count). The van der Waals surface area contributed by atoms with E-state index in [-0.39, 0.29) is 11.8 Å². The minimum Gasteiger partial charge on any atom is -0.440 e. The second-order valence-corrected chi connectivity index (χ2v) is 9.25. The quantitative estimate of drug-likeness (QED) is 0.581. The molecule has 0 amide bonds. The highest BCUT2D eigenvalue weighted by molar-refractivity contribution is 7.08. The summed E-state index contributed by atoms with van der Waals surface area (Å²) >= 11 is 3.30. The normalized spacial score (nSPS) is 20.5. The van der Waals surface area contributed by atoms with Crippen molar-refractivity contribution in [3.63, 3.8) is 0 Å². The summed E-state index contributed by atoms with van der Waals surface area (Å²) in [5, 5.41) is 18.2. The summed E-state index contributed by atoms with van der Waals surface area (Å²) in [6.07, 6.45) is 2.18. The number of thiophene rings is 2. The van der Waals surface area contributed by atoms with Crippen LogP contribution < -0.4 is 5.73 Å². The van der Waals surface area contributed by atoms with Crippen LogP contribution >= 0.6 is 22.7 Å². The minimum atomic E-state index is -0.176. The van der Waals surface area contributed by atoms with Crippen LogP contribution in [0.1, 0.15) is 22.6 Å². The van der Waals surface area contributed by atoms with E-state index in [1.807, 2.05) is 11.4 Å². The van der Waals surface area contributed by atoms with Gasteiger partial charge in [-0.2, -0.15) is 27.9 Å². The van der Waals surface area contributed by atoms with Crippen LogP contribution in [-0.4, -0.2) is 18.0 Å². The Balaban J connectivity index is 1.60. The van der Waals surface area contributed by atoms with E-state index in [1.54, 1.807) is 22.7 Å². The summed E-state index contributed by atoms with van der Waals surface area (Å²) in [4.78, 5) is 2.41. The zero-order chi connectivity index (χ0) is 21.2. The molecule has 0 saturated heterocycles. The van der Waals surface area contributed by atoms with Crippen LogP contribution in [0.2, 0.25) is 0 Å². The van der Waals surface area contributed by atoms with Crippen LogP contribution in [0.3, 0.4) is 0 Å². The van der Waals surface area contributed by atoms with Crippen molar-refractivity contribution in [3.05, 3.63) is 109 Å². The Morgan fingerprint density at radius 3 is 2.61 bits per heavy atom. The fourth-order valence-electron chi connectivity index (χ4n) is 4.27. The molecule has 4 heterocycles. The molecule has 0 fully saturated rings. The van der Waals surface area contributed by atoms with Crippen molar-refractivity contribution in [3.8, 4) is 6.07 Å². The second kappa shape index (κ2) is 8.56. The number of rotatable bonds is 4. The molecule has 1 atom stereocenters. The largest absolute Gasteiger partial charge is 0.440 e. The molecule has 2 aliphatic heterocycles. The monoisotopic (exact) mass is 443 g/mol. The molecule has 1 unspecified atom stereocenters. The predicted molar refractivity (Wildman–Crippen MR) is 126 cm³/mol. The predicted octanol–water partition coefficient (Wildman–Crippen LogP) is 5.47. The Morgan fingerprint density at radius 2 is 1.90 bits per heavy atom. The summed E-state index contributed by atoms with van der Waals surface area (Å²) in [6, 6.07) is 17.0. The van der Waals surface area contributed by atoms with Gasteiger partial charge in [-0.05, 0) is 62.0 Å². The van der Waals surface area contributed by atoms with Crippen LogP contribution in [0.25, 0.3) is 6.08 Å². The van der Waals surface area contributed by atoms with Crippen LogP contribution in [0, 0.1) is 11.3 Å². The Hall–Kier alpha value is -3.11. The summed E-state index contributed by atoms with van der Waals surface area (Å²) in [7, 11) is 0. The van der Waals surface area contributed by atoms with Crippen molar-refractivity contribution in [2.24, 2.45) is 5.73 Å². The SMILES string of the molecule is N#CC1=C(N)OC2=C(CN(Cc3ccccc3)CC2=Cc2ccsc2)C1c1ccsc1. The number of hydrogen-bond acceptors (Lipinski definition) is 6. The maximum atomic E-state index is 9.88. The first-order valence-corrected chi connectivity index (χ1v) is 11.9. The molecule has 1 aromatic carbocycles. The molecule has 2 aliphatic rings. The third-order valence-corrected chi connectivity index (χ3v) is 7.02. The van der Waals surface area contributed by atoms with Gasteiger partial charge >= 0.3 is 0 Å². The van der Waals surface area contributed by atoms with E-state index in [0.717, 1.165) is 47.7 Å². The highest BCUT2D eigenvalue weighted by Gasteiger charge is 2.37. The van der Waals surface area contributed by atoms with Crippen molar-refractivity contribution in [2.75, 3.05) is 13.1 Å². The van der Waals surface area contributed by atoms with Crippen molar-refractivity contribution < 1.29 is 4.74 Å². The maximum absolute atomic E-state index is 9.88. The molecule has 0 saturated carbocycles. The lowest BCUT2D eigenvalue weighted by Crippen LogP contribution is -2.37. The summed E-state index contributed by atoms with van der Waals surface area (Å²) in [5.41, 5.74) is 12.5. The van der Waals surface area contributed by atoms with Gasteiger partial charge in [0.1, 0.15) is 17.4 Å². The zero-order valence-corrected chi connectivity index (χ0v) is 18.5. The van der Waals surface area contributed by atoms with Crippen molar-refractivity contribution in [1.82, 2.24) is 4.90 Å². The average molecular weight is 444 g/mol. The molecule has 0 spiro atoms. The maximum Gasteiger partial charge on any atom is 0.205 e. The first-order valence-electron chi connectivity index (χ1n) is 10.0. The smallest absolute Gasteiger partial charge is 0.205 e. The van der Waals surface area contributed by atoms with Gasteiger partial charge in [0, 0.05) is 25.2 Å². The number of benzene rings is 1. The first kappa shape index (κ1) is 19.8. The second-order valence-electron chi connectivity index (χ2n) is 7.69. The van der Waals surface area contributed by atoms with Gasteiger partial charge in [0.05, 0.1) is 5.92 Å². The minimum absolute atomic E-state index is 0.176. The molecule has 6 heteroatoms. The molecule has 3 aromatic rings. The van der Waals surface area contributed by atoms with E-state index in [1.165, 1.54) is 5.56 Å². The number of nitrogens with zero attached hydrogens (tertiary/aromatic N) is 2. The lowest BCUT2D eigenvalue weighted by Gasteiger charge is -2.38. The molecule has 0 radical (unpaired) electrons. The van der Waals surface area contributed by atoms with E-state index in [9.17, 15) is 5.26 Å². The summed E-state index contributed by atoms with van der Waals surface area (Å²) in [5.74, 6) is 0.859. The Kier molecular flexibility index (Phi) is 5.47. The van der Waals surface area contributed by atoms with Gasteiger partial charge in [-0.25, -0.2) is 0 Å². The van der Waals surface area contributed by atoms with Gasteiger partial charge in [-0.15, -0.1) is 0 Å². The van der Waals surface area contributed by atoms with Gasteiger partial charge in [-0.1, -0.05) is 30.3 Å². The molecule has 0 bridgehead atoms. The third-order valence-electron chi connectivity index (χ3n) is 5.62. The molecular formula is C25H21N3OS2. The van der Waals surface area contributed by atoms with Crippen LogP contribution in [0.4, 0.5) is 0 Å². The van der Waals surface area contributed by atoms with Crippen molar-refractivity contribution in [1.29, 1.82) is 5.26 Å². The molecule has 2 N–H and O–H groups in total.